The van der Waals surface area contributed by atoms with Gasteiger partial charge in [-0.3, -0.25) is 9.20 Å². The first kappa shape index (κ1) is 18.3. The number of H-pyrrole nitrogens is 1. The Kier molecular flexibility index (Phi) is 3.99. The minimum Gasteiger partial charge on any atom is -0.351 e. The molecule has 1 saturated carbocycles. The highest BCUT2D eigenvalue weighted by molar-refractivity contribution is 5.93. The van der Waals surface area contributed by atoms with Crippen LogP contribution in [0.2, 0.25) is 0 Å². The van der Waals surface area contributed by atoms with Crippen LogP contribution in [0.1, 0.15) is 25.6 Å². The second-order valence-electron chi connectivity index (χ2n) is 8.81. The lowest BCUT2D eigenvalue weighted by molar-refractivity contribution is -0.128. The number of amides is 1. The number of aromatic amines is 1. The van der Waals surface area contributed by atoms with E-state index in [4.69, 9.17) is 4.98 Å². The van der Waals surface area contributed by atoms with Gasteiger partial charge in [0.05, 0.1) is 0 Å². The molecule has 31 heavy (non-hydrogen) atoms. The van der Waals surface area contributed by atoms with Crippen LogP contribution in [0.4, 0.5) is 5.95 Å². The first-order chi connectivity index (χ1) is 15.0. The lowest BCUT2D eigenvalue weighted by Gasteiger charge is -2.18. The molecule has 6 rings (SSSR count). The summed E-state index contributed by atoms with van der Waals surface area (Å²) in [4.78, 5) is 26.2. The van der Waals surface area contributed by atoms with E-state index in [0.717, 1.165) is 59.6 Å². The lowest BCUT2D eigenvalue weighted by Crippen LogP contribution is -2.29. The molecule has 9 heteroatoms. The Bertz CT molecular complexity index is 1290. The average Bonchev–Trinajstić information content (AvgIpc) is 3.50. The van der Waals surface area contributed by atoms with Gasteiger partial charge in [0.15, 0.2) is 5.65 Å². The number of hydrogen-bond acceptors (Lipinski definition) is 6. The molecule has 1 amide bonds. The summed E-state index contributed by atoms with van der Waals surface area (Å²) >= 11 is 0. The van der Waals surface area contributed by atoms with Crippen LogP contribution in [0, 0.1) is 18.8 Å². The first-order valence-corrected chi connectivity index (χ1v) is 10.7. The summed E-state index contributed by atoms with van der Waals surface area (Å²) in [5.41, 5.74) is 3.76. The zero-order chi connectivity index (χ0) is 21.1. The number of likely N-dealkylation sites (tertiary alicyclic amines) is 1. The smallest absolute Gasteiger partial charge is 0.224 e. The van der Waals surface area contributed by atoms with Gasteiger partial charge < -0.3 is 15.2 Å². The van der Waals surface area contributed by atoms with E-state index < -0.39 is 0 Å². The van der Waals surface area contributed by atoms with Crippen molar-refractivity contribution in [2.45, 2.75) is 32.7 Å². The fourth-order valence-electron chi connectivity index (χ4n) is 5.24. The van der Waals surface area contributed by atoms with E-state index in [1.54, 1.807) is 6.92 Å². The van der Waals surface area contributed by atoms with Gasteiger partial charge in [-0.15, -0.1) is 10.2 Å². The van der Waals surface area contributed by atoms with Gasteiger partial charge in [-0.2, -0.15) is 4.98 Å². The van der Waals surface area contributed by atoms with Gasteiger partial charge in [-0.1, -0.05) is 0 Å². The minimum absolute atomic E-state index is 0.189. The summed E-state index contributed by atoms with van der Waals surface area (Å²) < 4.78 is 1.98. The van der Waals surface area contributed by atoms with Crippen LogP contribution in [0.3, 0.4) is 0 Å². The zero-order valence-corrected chi connectivity index (χ0v) is 17.5. The van der Waals surface area contributed by atoms with Crippen molar-refractivity contribution in [3.8, 4) is 11.1 Å². The largest absolute Gasteiger partial charge is 0.351 e. The normalized spacial score (nSPS) is 23.0. The van der Waals surface area contributed by atoms with Crippen molar-refractivity contribution in [3.05, 3.63) is 36.5 Å². The van der Waals surface area contributed by atoms with Crippen molar-refractivity contribution in [3.63, 3.8) is 0 Å². The molecule has 4 aromatic heterocycles. The molecular weight excluding hydrogens is 392 g/mol. The molecular formula is C22H24N8O. The number of nitrogens with one attached hydrogen (secondary N) is 2. The summed E-state index contributed by atoms with van der Waals surface area (Å²) in [6, 6.07) is 4.37. The number of anilines is 1. The summed E-state index contributed by atoms with van der Waals surface area (Å²) in [7, 11) is 0. The summed E-state index contributed by atoms with van der Waals surface area (Å²) in [5, 5.41) is 12.8. The van der Waals surface area contributed by atoms with Gasteiger partial charge in [-0.25, -0.2) is 4.98 Å². The third kappa shape index (κ3) is 3.03. The van der Waals surface area contributed by atoms with Crippen LogP contribution in [0.15, 0.2) is 30.7 Å². The second-order valence-corrected chi connectivity index (χ2v) is 8.81. The van der Waals surface area contributed by atoms with Crippen LogP contribution in [0.25, 0.3) is 27.8 Å². The Morgan fingerprint density at radius 1 is 1.19 bits per heavy atom. The molecule has 1 saturated heterocycles. The Hall–Kier alpha value is -3.49. The molecule has 0 spiro atoms. The Balaban J connectivity index is 1.22. The van der Waals surface area contributed by atoms with E-state index in [2.05, 4.69) is 25.5 Å². The molecule has 2 fully saturated rings. The molecule has 1 aliphatic heterocycles. The van der Waals surface area contributed by atoms with Crippen molar-refractivity contribution in [2.75, 3.05) is 18.4 Å². The van der Waals surface area contributed by atoms with Gasteiger partial charge in [-0.05, 0) is 43.7 Å². The van der Waals surface area contributed by atoms with Crippen LogP contribution >= 0.6 is 0 Å². The summed E-state index contributed by atoms with van der Waals surface area (Å²) in [5.74, 6) is 2.86. The molecule has 9 nitrogen and oxygen atoms in total. The van der Waals surface area contributed by atoms with Gasteiger partial charge in [0.25, 0.3) is 0 Å². The Morgan fingerprint density at radius 3 is 2.77 bits per heavy atom. The van der Waals surface area contributed by atoms with Crippen LogP contribution in [-0.2, 0) is 4.79 Å². The highest BCUT2D eigenvalue weighted by Gasteiger charge is 2.41. The number of aromatic nitrogens is 6. The van der Waals surface area contributed by atoms with Crippen molar-refractivity contribution in [1.29, 1.82) is 0 Å². The fourth-order valence-corrected chi connectivity index (χ4v) is 5.24. The highest BCUT2D eigenvalue weighted by Crippen LogP contribution is 2.39. The maximum absolute atomic E-state index is 11.6. The van der Waals surface area contributed by atoms with Gasteiger partial charge >= 0.3 is 0 Å². The zero-order valence-electron chi connectivity index (χ0n) is 17.5. The monoisotopic (exact) mass is 416 g/mol. The van der Waals surface area contributed by atoms with Crippen molar-refractivity contribution in [1.82, 2.24) is 34.4 Å². The van der Waals surface area contributed by atoms with Crippen LogP contribution in [0.5, 0.6) is 0 Å². The van der Waals surface area contributed by atoms with Gasteiger partial charge in [0.2, 0.25) is 11.9 Å². The molecule has 0 bridgehead atoms. The predicted octanol–water partition coefficient (Wildman–Crippen LogP) is 2.64. The number of pyridine rings is 1. The number of aryl methyl sites for hydroxylation is 1. The SMILES string of the molecule is CC(=O)N1C[C@H]2CC(Nc3ncc4c(-c5ccc6nnc(C)n6c5)c[nH]c4n3)C[C@H]2C1. The number of nitrogens with zero attached hydrogens (tertiary/aromatic N) is 6. The van der Waals surface area contributed by atoms with E-state index in [9.17, 15) is 4.79 Å². The molecule has 0 radical (unpaired) electrons. The maximum Gasteiger partial charge on any atom is 0.224 e. The number of carbonyl (C=O) groups is 1. The first-order valence-electron chi connectivity index (χ1n) is 10.7. The predicted molar refractivity (Wildman–Crippen MR) is 116 cm³/mol. The van der Waals surface area contributed by atoms with Crippen molar-refractivity contribution in [2.24, 2.45) is 11.8 Å². The van der Waals surface area contributed by atoms with Crippen LogP contribution in [-0.4, -0.2) is 59.5 Å². The number of carbonyl (C=O) groups excluding carboxylic acids is 1. The average molecular weight is 416 g/mol. The van der Waals surface area contributed by atoms with Crippen LogP contribution < -0.4 is 5.32 Å². The molecule has 1 unspecified atom stereocenters. The van der Waals surface area contributed by atoms with Gasteiger partial charge in [0, 0.05) is 61.2 Å². The Morgan fingerprint density at radius 2 is 2.00 bits per heavy atom. The van der Waals surface area contributed by atoms with E-state index in [1.807, 2.05) is 46.9 Å². The standard InChI is InChI=1S/C22H24N8O/c1-12-27-28-20-4-3-14(11-30(12)20)18-7-23-21-19(18)8-24-22(26-21)25-17-5-15-9-29(13(2)31)10-16(15)6-17/h3-4,7-8,11,15-17H,5-6,9-10H2,1-2H3,(H2,23,24,25,26)/t15-,16+,17?. The van der Waals surface area contributed by atoms with E-state index in [0.29, 0.717) is 23.8 Å². The minimum atomic E-state index is 0.189. The van der Waals surface area contributed by atoms with Crippen molar-refractivity contribution >= 4 is 28.5 Å². The number of hydrogen-bond donors (Lipinski definition) is 2. The third-order valence-electron chi connectivity index (χ3n) is 6.85. The second kappa shape index (κ2) is 6.76. The van der Waals surface area contributed by atoms with Crippen molar-refractivity contribution < 1.29 is 4.79 Å². The molecule has 1 aliphatic carbocycles. The highest BCUT2D eigenvalue weighted by atomic mass is 16.2. The fraction of sp³-hybridized carbons (Fsp3) is 0.409. The van der Waals surface area contributed by atoms with E-state index in [-0.39, 0.29) is 5.91 Å². The molecule has 4 aromatic rings. The summed E-state index contributed by atoms with van der Waals surface area (Å²) in [6.07, 6.45) is 8.02. The van der Waals surface area contributed by atoms with E-state index in [1.165, 1.54) is 0 Å². The Labute approximate surface area is 178 Å². The van der Waals surface area contributed by atoms with E-state index >= 15 is 0 Å². The molecule has 5 heterocycles. The molecule has 0 aromatic carbocycles. The molecule has 2 N–H and O–H groups in total. The third-order valence-corrected chi connectivity index (χ3v) is 6.85. The lowest BCUT2D eigenvalue weighted by atomic mass is 10.0. The topological polar surface area (TPSA) is 104 Å². The van der Waals surface area contributed by atoms with Gasteiger partial charge in [0.1, 0.15) is 11.5 Å². The number of fused-ring (bicyclic) bond motifs is 3. The summed E-state index contributed by atoms with van der Waals surface area (Å²) in [6.45, 7) is 5.37. The number of rotatable bonds is 3. The molecule has 3 atom stereocenters. The maximum atomic E-state index is 11.6. The molecule has 158 valence electrons. The molecule has 2 aliphatic rings. The quantitative estimate of drug-likeness (QED) is 0.532.